The number of hydrogen-bond acceptors (Lipinski definition) is 3. The number of nitrogens with one attached hydrogen (secondary N) is 1. The lowest BCUT2D eigenvalue weighted by Gasteiger charge is -2.20. The smallest absolute Gasteiger partial charge is 0.303 e. The molecule has 0 saturated carbocycles. The normalized spacial score (nSPS) is 11.9. The van der Waals surface area contributed by atoms with E-state index in [1.165, 1.54) is 0 Å². The molecular weight excluding hydrogens is 528 g/mol. The summed E-state index contributed by atoms with van der Waals surface area (Å²) in [6.07, 6.45) is 0.338. The lowest BCUT2D eigenvalue weighted by molar-refractivity contribution is -0.137. The number of carboxylic acid groups (broad SMARTS) is 1. The highest BCUT2D eigenvalue weighted by molar-refractivity contribution is 9.10. The Bertz CT molecular complexity index is 1390. The van der Waals surface area contributed by atoms with Crippen molar-refractivity contribution in [2.45, 2.75) is 25.7 Å². The van der Waals surface area contributed by atoms with Gasteiger partial charge in [0.2, 0.25) is 0 Å². The number of aromatic nitrogens is 1. The van der Waals surface area contributed by atoms with E-state index in [0.29, 0.717) is 17.0 Å². The van der Waals surface area contributed by atoms with E-state index in [1.54, 1.807) is 6.07 Å². The van der Waals surface area contributed by atoms with Gasteiger partial charge < -0.3 is 10.4 Å². The van der Waals surface area contributed by atoms with Crippen LogP contribution in [0, 0.1) is 6.92 Å². The van der Waals surface area contributed by atoms with Crippen molar-refractivity contribution in [1.29, 1.82) is 0 Å². The molecule has 0 bridgehead atoms. The third-order valence-electron chi connectivity index (χ3n) is 6.03. The van der Waals surface area contributed by atoms with Crippen LogP contribution in [0.1, 0.15) is 40.2 Å². The maximum Gasteiger partial charge on any atom is 0.303 e. The molecule has 5 nitrogen and oxygen atoms in total. The van der Waals surface area contributed by atoms with Crippen LogP contribution in [0.5, 0.6) is 0 Å². The topological polar surface area (TPSA) is 79.3 Å². The standard InChI is InChI=1S/C28H24BrClN2O3/c1-17-26(22-15-20(29)12-13-24(22)32-27(17)18-7-3-2-4-8-18)28(35)31-16-19(11-14-25(33)34)21-9-5-6-10-23(21)30/h2-10,12-13,15,19H,11,14,16H2,1H3,(H,31,35)(H,33,34). The van der Waals surface area contributed by atoms with Gasteiger partial charge in [0.25, 0.3) is 5.91 Å². The highest BCUT2D eigenvalue weighted by atomic mass is 79.9. The molecular formula is C28H24BrClN2O3. The molecule has 1 unspecified atom stereocenters. The highest BCUT2D eigenvalue weighted by Gasteiger charge is 2.22. The quantitative estimate of drug-likeness (QED) is 0.247. The number of rotatable bonds is 8. The number of hydrogen-bond donors (Lipinski definition) is 2. The fraction of sp³-hybridized carbons (Fsp3) is 0.179. The molecule has 4 rings (SSSR count). The zero-order valence-electron chi connectivity index (χ0n) is 19.1. The van der Waals surface area contributed by atoms with Gasteiger partial charge in [0.15, 0.2) is 0 Å². The Balaban J connectivity index is 1.71. The monoisotopic (exact) mass is 550 g/mol. The first-order chi connectivity index (χ1) is 16.8. The molecule has 0 radical (unpaired) electrons. The second-order valence-electron chi connectivity index (χ2n) is 8.35. The molecule has 0 saturated heterocycles. The van der Waals surface area contributed by atoms with Crippen molar-refractivity contribution < 1.29 is 14.7 Å². The van der Waals surface area contributed by atoms with Crippen LogP contribution in [0.2, 0.25) is 5.02 Å². The van der Waals surface area contributed by atoms with E-state index in [1.807, 2.05) is 73.7 Å². The molecule has 0 aliphatic heterocycles. The Kier molecular flexibility index (Phi) is 7.83. The SMILES string of the molecule is Cc1c(-c2ccccc2)nc2ccc(Br)cc2c1C(=O)NCC(CCC(=O)O)c1ccccc1Cl. The predicted molar refractivity (Wildman–Crippen MR) is 143 cm³/mol. The number of carbonyl (C=O) groups excluding carboxylic acids is 1. The molecule has 2 N–H and O–H groups in total. The van der Waals surface area contributed by atoms with Gasteiger partial charge in [0, 0.05) is 39.3 Å². The molecule has 1 heterocycles. The van der Waals surface area contributed by atoms with Crippen molar-refractivity contribution in [3.63, 3.8) is 0 Å². The van der Waals surface area contributed by atoms with Crippen molar-refractivity contribution in [2.75, 3.05) is 6.54 Å². The first-order valence-corrected chi connectivity index (χ1v) is 12.4. The van der Waals surface area contributed by atoms with E-state index in [-0.39, 0.29) is 24.8 Å². The Morgan fingerprint density at radius 3 is 2.49 bits per heavy atom. The van der Waals surface area contributed by atoms with Crippen molar-refractivity contribution in [3.05, 3.63) is 99.0 Å². The summed E-state index contributed by atoms with van der Waals surface area (Å²) in [6.45, 7) is 2.16. The van der Waals surface area contributed by atoms with Gasteiger partial charge >= 0.3 is 5.97 Å². The van der Waals surface area contributed by atoms with Crippen LogP contribution in [0.4, 0.5) is 0 Å². The summed E-state index contributed by atoms with van der Waals surface area (Å²) in [6, 6.07) is 22.8. The number of benzene rings is 3. The van der Waals surface area contributed by atoms with E-state index in [9.17, 15) is 14.7 Å². The highest BCUT2D eigenvalue weighted by Crippen LogP contribution is 2.32. The number of aliphatic carboxylic acids is 1. The van der Waals surface area contributed by atoms with E-state index in [4.69, 9.17) is 16.6 Å². The van der Waals surface area contributed by atoms with Gasteiger partial charge in [-0.2, -0.15) is 0 Å². The number of amides is 1. The van der Waals surface area contributed by atoms with Crippen molar-refractivity contribution in [2.24, 2.45) is 0 Å². The Hall–Kier alpha value is -3.22. The summed E-state index contributed by atoms with van der Waals surface area (Å²) < 4.78 is 0.850. The van der Waals surface area contributed by atoms with Gasteiger partial charge in [-0.25, -0.2) is 4.98 Å². The zero-order chi connectivity index (χ0) is 24.9. The van der Waals surface area contributed by atoms with Gasteiger partial charge in [-0.3, -0.25) is 9.59 Å². The van der Waals surface area contributed by atoms with E-state index in [2.05, 4.69) is 21.2 Å². The molecule has 1 aromatic heterocycles. The van der Waals surface area contributed by atoms with Gasteiger partial charge in [0.1, 0.15) is 0 Å². The number of nitrogens with zero attached hydrogens (tertiary/aromatic N) is 1. The minimum atomic E-state index is -0.887. The minimum absolute atomic E-state index is 0.0198. The van der Waals surface area contributed by atoms with Crippen LogP contribution >= 0.6 is 27.5 Å². The van der Waals surface area contributed by atoms with Crippen LogP contribution in [0.25, 0.3) is 22.2 Å². The third kappa shape index (κ3) is 5.72. The molecule has 178 valence electrons. The van der Waals surface area contributed by atoms with Crippen LogP contribution in [-0.2, 0) is 4.79 Å². The molecule has 0 aliphatic carbocycles. The Morgan fingerprint density at radius 2 is 1.77 bits per heavy atom. The largest absolute Gasteiger partial charge is 0.481 e. The molecule has 0 spiro atoms. The molecule has 35 heavy (non-hydrogen) atoms. The fourth-order valence-electron chi connectivity index (χ4n) is 4.28. The minimum Gasteiger partial charge on any atom is -0.481 e. The van der Waals surface area contributed by atoms with Crippen LogP contribution in [0.15, 0.2) is 77.3 Å². The lowest BCUT2D eigenvalue weighted by Crippen LogP contribution is -2.30. The first kappa shape index (κ1) is 24.9. The van der Waals surface area contributed by atoms with Crippen LogP contribution in [-0.4, -0.2) is 28.5 Å². The summed E-state index contributed by atoms with van der Waals surface area (Å²) in [7, 11) is 0. The summed E-state index contributed by atoms with van der Waals surface area (Å²) in [5.41, 5.74) is 4.54. The number of pyridine rings is 1. The van der Waals surface area contributed by atoms with E-state index < -0.39 is 5.97 Å². The second kappa shape index (κ2) is 11.0. The molecule has 0 aliphatic rings. The number of fused-ring (bicyclic) bond motifs is 1. The van der Waals surface area contributed by atoms with Gasteiger partial charge in [-0.15, -0.1) is 0 Å². The van der Waals surface area contributed by atoms with Gasteiger partial charge in [-0.05, 0) is 48.7 Å². The molecule has 1 atom stereocenters. The Morgan fingerprint density at radius 1 is 1.06 bits per heavy atom. The van der Waals surface area contributed by atoms with Gasteiger partial charge in [0.05, 0.1) is 16.8 Å². The molecule has 0 fully saturated rings. The van der Waals surface area contributed by atoms with Crippen LogP contribution in [0.3, 0.4) is 0 Å². The second-order valence-corrected chi connectivity index (χ2v) is 9.67. The van der Waals surface area contributed by atoms with E-state index >= 15 is 0 Å². The number of carboxylic acids is 1. The third-order valence-corrected chi connectivity index (χ3v) is 6.86. The van der Waals surface area contributed by atoms with Crippen molar-refractivity contribution in [3.8, 4) is 11.3 Å². The number of halogens is 2. The van der Waals surface area contributed by atoms with Crippen molar-refractivity contribution in [1.82, 2.24) is 10.3 Å². The fourth-order valence-corrected chi connectivity index (χ4v) is 4.93. The zero-order valence-corrected chi connectivity index (χ0v) is 21.4. The average molecular weight is 552 g/mol. The number of carbonyl (C=O) groups is 2. The molecule has 3 aromatic carbocycles. The molecule has 1 amide bonds. The maximum atomic E-state index is 13.6. The van der Waals surface area contributed by atoms with Crippen molar-refractivity contribution >= 4 is 50.3 Å². The summed E-state index contributed by atoms with van der Waals surface area (Å²) in [5.74, 6) is -1.36. The molecule has 4 aromatic rings. The first-order valence-electron chi connectivity index (χ1n) is 11.2. The molecule has 7 heteroatoms. The Labute approximate surface area is 217 Å². The summed E-state index contributed by atoms with van der Waals surface area (Å²) in [5, 5.41) is 13.6. The summed E-state index contributed by atoms with van der Waals surface area (Å²) >= 11 is 9.91. The van der Waals surface area contributed by atoms with E-state index in [0.717, 1.165) is 37.8 Å². The van der Waals surface area contributed by atoms with Gasteiger partial charge in [-0.1, -0.05) is 76.1 Å². The van der Waals surface area contributed by atoms with Crippen LogP contribution < -0.4 is 5.32 Å². The predicted octanol–water partition coefficient (Wildman–Crippen LogP) is 7.00. The average Bonchev–Trinajstić information content (AvgIpc) is 2.84. The lowest BCUT2D eigenvalue weighted by atomic mass is 9.93. The maximum absolute atomic E-state index is 13.6. The summed E-state index contributed by atoms with van der Waals surface area (Å²) in [4.78, 5) is 29.7.